The van der Waals surface area contributed by atoms with Crippen LogP contribution in [0.5, 0.6) is 0 Å². The average molecular weight is 361 g/mol. The van der Waals surface area contributed by atoms with E-state index in [1.807, 2.05) is 38.1 Å². The van der Waals surface area contributed by atoms with Gasteiger partial charge in [0.05, 0.1) is 5.56 Å². The molecule has 2 aromatic heterocycles. The Bertz CT molecular complexity index is 1090. The van der Waals surface area contributed by atoms with Gasteiger partial charge in [0, 0.05) is 59.4 Å². The summed E-state index contributed by atoms with van der Waals surface area (Å²) in [5.74, 6) is 0. The summed E-state index contributed by atoms with van der Waals surface area (Å²) in [4.78, 5) is 19.3. The van der Waals surface area contributed by atoms with E-state index in [0.717, 1.165) is 47.3 Å². The molecule has 1 aliphatic rings. The van der Waals surface area contributed by atoms with Crippen LogP contribution in [0.3, 0.4) is 0 Å². The first-order valence-electron chi connectivity index (χ1n) is 9.32. The van der Waals surface area contributed by atoms with E-state index in [0.29, 0.717) is 16.8 Å². The average Bonchev–Trinajstić information content (AvgIpc) is 2.60. The van der Waals surface area contributed by atoms with Gasteiger partial charge in [-0.3, -0.25) is 4.98 Å². The van der Waals surface area contributed by atoms with Gasteiger partial charge in [0.15, 0.2) is 0 Å². The molecule has 0 radical (unpaired) electrons. The van der Waals surface area contributed by atoms with Crippen LogP contribution in [0.25, 0.3) is 27.8 Å². The van der Waals surface area contributed by atoms with E-state index in [1.54, 1.807) is 12.4 Å². The number of benzene rings is 1. The number of aryl methyl sites for hydroxylation is 1. The molecule has 1 saturated heterocycles. The summed E-state index contributed by atoms with van der Waals surface area (Å²) in [7, 11) is 0. The zero-order chi connectivity index (χ0) is 19.0. The molecule has 4 rings (SSSR count). The highest BCUT2D eigenvalue weighted by Gasteiger charge is 2.18. The molecule has 1 aromatic carbocycles. The van der Waals surface area contributed by atoms with E-state index < -0.39 is 0 Å². The summed E-state index contributed by atoms with van der Waals surface area (Å²) in [6, 6.07) is 7.99. The standard InChI is InChI=1S/C22H23N3O2/c1-3-5-19(23)15-10-16(13-24-12-15)21-14(2)18-7-6-17(25-8-4-9-25)11-20(18)27-22(21)26/h5-7,10-13H,3-4,8-9,23H2,1-2H3/b19-5+. The van der Waals surface area contributed by atoms with Crippen molar-refractivity contribution in [2.24, 2.45) is 5.73 Å². The molecule has 0 saturated carbocycles. The summed E-state index contributed by atoms with van der Waals surface area (Å²) in [6.07, 6.45) is 7.38. The van der Waals surface area contributed by atoms with E-state index in [-0.39, 0.29) is 5.63 Å². The topological polar surface area (TPSA) is 72.4 Å². The maximum Gasteiger partial charge on any atom is 0.344 e. The maximum absolute atomic E-state index is 12.8. The van der Waals surface area contributed by atoms with Crippen molar-refractivity contribution in [3.63, 3.8) is 0 Å². The number of fused-ring (bicyclic) bond motifs is 1. The Hall–Kier alpha value is -3.08. The third-order valence-corrected chi connectivity index (χ3v) is 5.16. The van der Waals surface area contributed by atoms with Gasteiger partial charge in [-0.2, -0.15) is 0 Å². The van der Waals surface area contributed by atoms with Crippen molar-refractivity contribution in [1.29, 1.82) is 0 Å². The predicted octanol–water partition coefficient (Wildman–Crippen LogP) is 4.08. The Balaban J connectivity index is 1.84. The molecule has 3 heterocycles. The molecule has 0 amide bonds. The number of pyridine rings is 1. The van der Waals surface area contributed by atoms with Crippen molar-refractivity contribution in [2.45, 2.75) is 26.7 Å². The molecule has 5 heteroatoms. The number of aromatic nitrogens is 1. The fraction of sp³-hybridized carbons (Fsp3) is 0.273. The predicted molar refractivity (Wildman–Crippen MR) is 110 cm³/mol. The zero-order valence-electron chi connectivity index (χ0n) is 15.7. The van der Waals surface area contributed by atoms with Crippen molar-refractivity contribution >= 4 is 22.4 Å². The van der Waals surface area contributed by atoms with Gasteiger partial charge in [-0.25, -0.2) is 4.79 Å². The lowest BCUT2D eigenvalue weighted by molar-refractivity contribution is 0.561. The van der Waals surface area contributed by atoms with Crippen molar-refractivity contribution in [3.05, 3.63) is 64.3 Å². The van der Waals surface area contributed by atoms with Gasteiger partial charge >= 0.3 is 5.63 Å². The number of nitrogens with two attached hydrogens (primary N) is 1. The van der Waals surface area contributed by atoms with E-state index in [9.17, 15) is 4.79 Å². The first-order chi connectivity index (χ1) is 13.1. The summed E-state index contributed by atoms with van der Waals surface area (Å²) in [5, 5.41) is 0.941. The first-order valence-corrected chi connectivity index (χ1v) is 9.32. The van der Waals surface area contributed by atoms with E-state index in [4.69, 9.17) is 10.2 Å². The molecule has 0 atom stereocenters. The minimum absolute atomic E-state index is 0.349. The van der Waals surface area contributed by atoms with Crippen LogP contribution in [0.1, 0.15) is 30.9 Å². The largest absolute Gasteiger partial charge is 0.422 e. The summed E-state index contributed by atoms with van der Waals surface area (Å²) in [6.45, 7) is 6.09. The van der Waals surface area contributed by atoms with Gasteiger partial charge < -0.3 is 15.1 Å². The molecule has 0 aliphatic carbocycles. The monoisotopic (exact) mass is 361 g/mol. The lowest BCUT2D eigenvalue weighted by Gasteiger charge is -2.33. The highest BCUT2D eigenvalue weighted by molar-refractivity contribution is 5.89. The fourth-order valence-corrected chi connectivity index (χ4v) is 3.52. The molecule has 138 valence electrons. The lowest BCUT2D eigenvalue weighted by Crippen LogP contribution is -2.36. The molecule has 0 bridgehead atoms. The zero-order valence-corrected chi connectivity index (χ0v) is 15.7. The first kappa shape index (κ1) is 17.3. The van der Waals surface area contributed by atoms with Crippen LogP contribution in [-0.2, 0) is 0 Å². The number of allylic oxidation sites excluding steroid dienone is 1. The minimum atomic E-state index is -0.349. The molecule has 1 aliphatic heterocycles. The summed E-state index contributed by atoms with van der Waals surface area (Å²) >= 11 is 0. The van der Waals surface area contributed by atoms with E-state index in [2.05, 4.69) is 16.0 Å². The highest BCUT2D eigenvalue weighted by atomic mass is 16.4. The number of nitrogens with zero attached hydrogens (tertiary/aromatic N) is 2. The molecule has 3 aromatic rings. The molecular weight excluding hydrogens is 338 g/mol. The van der Waals surface area contributed by atoms with Crippen molar-refractivity contribution in [2.75, 3.05) is 18.0 Å². The van der Waals surface area contributed by atoms with Gasteiger partial charge in [0.25, 0.3) is 0 Å². The van der Waals surface area contributed by atoms with E-state index in [1.165, 1.54) is 6.42 Å². The molecule has 5 nitrogen and oxygen atoms in total. The lowest BCUT2D eigenvalue weighted by atomic mass is 9.99. The van der Waals surface area contributed by atoms with Gasteiger partial charge in [0.2, 0.25) is 0 Å². The second-order valence-electron chi connectivity index (χ2n) is 6.94. The number of hydrogen-bond donors (Lipinski definition) is 1. The fourth-order valence-electron chi connectivity index (χ4n) is 3.52. The summed E-state index contributed by atoms with van der Waals surface area (Å²) < 4.78 is 5.68. The third-order valence-electron chi connectivity index (χ3n) is 5.16. The second-order valence-corrected chi connectivity index (χ2v) is 6.94. The van der Waals surface area contributed by atoms with Gasteiger partial charge in [-0.15, -0.1) is 0 Å². The smallest absolute Gasteiger partial charge is 0.344 e. The minimum Gasteiger partial charge on any atom is -0.422 e. The summed E-state index contributed by atoms with van der Waals surface area (Å²) in [5.41, 5.74) is 11.1. The Kier molecular flexibility index (Phi) is 4.44. The van der Waals surface area contributed by atoms with Gasteiger partial charge in [-0.05, 0) is 43.5 Å². The molecule has 27 heavy (non-hydrogen) atoms. The van der Waals surface area contributed by atoms with Crippen LogP contribution in [-0.4, -0.2) is 18.1 Å². The van der Waals surface area contributed by atoms with E-state index >= 15 is 0 Å². The number of anilines is 1. The third kappa shape index (κ3) is 3.10. The highest BCUT2D eigenvalue weighted by Crippen LogP contribution is 2.31. The van der Waals surface area contributed by atoms with Crippen molar-refractivity contribution in [1.82, 2.24) is 4.98 Å². The Labute approximate surface area is 158 Å². The van der Waals surface area contributed by atoms with Crippen molar-refractivity contribution < 1.29 is 4.42 Å². The normalized spacial score (nSPS) is 14.4. The maximum atomic E-state index is 12.8. The van der Waals surface area contributed by atoms with Crippen LogP contribution in [0.4, 0.5) is 5.69 Å². The quantitative estimate of drug-likeness (QED) is 0.709. The molecule has 0 spiro atoms. The number of hydrogen-bond acceptors (Lipinski definition) is 5. The Morgan fingerprint density at radius 2 is 2.11 bits per heavy atom. The SMILES string of the molecule is CC/C=C(/N)c1cncc(-c2c(C)c3ccc(N4CCC4)cc3oc2=O)c1. The van der Waals surface area contributed by atoms with Gasteiger partial charge in [0.1, 0.15) is 5.58 Å². The molecular formula is C22H23N3O2. The van der Waals surface area contributed by atoms with Crippen LogP contribution >= 0.6 is 0 Å². The number of rotatable bonds is 4. The Morgan fingerprint density at radius 3 is 2.81 bits per heavy atom. The van der Waals surface area contributed by atoms with Crippen molar-refractivity contribution in [3.8, 4) is 11.1 Å². The molecule has 2 N–H and O–H groups in total. The Morgan fingerprint density at radius 1 is 1.30 bits per heavy atom. The van der Waals surface area contributed by atoms with Crippen LogP contribution < -0.4 is 16.3 Å². The second kappa shape index (κ2) is 6.91. The molecule has 0 unspecified atom stereocenters. The van der Waals surface area contributed by atoms with Gasteiger partial charge in [-0.1, -0.05) is 13.0 Å². The molecule has 1 fully saturated rings. The van der Waals surface area contributed by atoms with Crippen LogP contribution in [0.2, 0.25) is 0 Å². The van der Waals surface area contributed by atoms with Crippen LogP contribution in [0.15, 0.2) is 51.9 Å². The van der Waals surface area contributed by atoms with Crippen LogP contribution in [0, 0.1) is 6.92 Å².